The Balaban J connectivity index is 2.20. The maximum absolute atomic E-state index is 6.16. The first-order chi connectivity index (χ1) is 9.55. The minimum atomic E-state index is 0.564. The maximum atomic E-state index is 6.16. The fourth-order valence-corrected chi connectivity index (χ4v) is 3.23. The summed E-state index contributed by atoms with van der Waals surface area (Å²) in [5.74, 6) is 1.33. The molecule has 2 rings (SSSR count). The first-order valence-corrected chi connectivity index (χ1v) is 7.46. The van der Waals surface area contributed by atoms with Crippen LogP contribution >= 0.6 is 22.9 Å². The van der Waals surface area contributed by atoms with Crippen LogP contribution in [0.15, 0.2) is 18.2 Å². The number of halogens is 1. The lowest BCUT2D eigenvalue weighted by atomic mass is 10.2. The van der Waals surface area contributed by atoms with Crippen molar-refractivity contribution < 1.29 is 9.47 Å². The van der Waals surface area contributed by atoms with Gasteiger partial charge in [-0.15, -0.1) is 11.3 Å². The molecule has 0 spiro atoms. The van der Waals surface area contributed by atoms with E-state index in [0.717, 1.165) is 18.0 Å². The van der Waals surface area contributed by atoms with Gasteiger partial charge in [-0.2, -0.15) is 0 Å². The van der Waals surface area contributed by atoms with Gasteiger partial charge in [-0.25, -0.2) is 0 Å². The molecule has 2 aromatic rings. The number of aryl methyl sites for hydroxylation is 2. The Morgan fingerprint density at radius 1 is 1.10 bits per heavy atom. The molecule has 5 heteroatoms. The van der Waals surface area contributed by atoms with Crippen LogP contribution < -0.4 is 14.8 Å². The van der Waals surface area contributed by atoms with E-state index >= 15 is 0 Å². The third kappa shape index (κ3) is 3.19. The Morgan fingerprint density at radius 2 is 1.80 bits per heavy atom. The van der Waals surface area contributed by atoms with Crippen LogP contribution in [0, 0.1) is 13.8 Å². The summed E-state index contributed by atoms with van der Waals surface area (Å²) in [7, 11) is 3.22. The summed E-state index contributed by atoms with van der Waals surface area (Å²) in [6, 6.07) is 5.81. The Bertz CT molecular complexity index is 610. The van der Waals surface area contributed by atoms with E-state index in [2.05, 4.69) is 25.2 Å². The second kappa shape index (κ2) is 6.37. The molecule has 1 N–H and O–H groups in total. The molecule has 1 aromatic carbocycles. The molecule has 1 heterocycles. The van der Waals surface area contributed by atoms with Crippen LogP contribution in [-0.2, 0) is 6.54 Å². The molecule has 108 valence electrons. The second-order valence-corrected chi connectivity index (χ2v) is 6.35. The van der Waals surface area contributed by atoms with Crippen molar-refractivity contribution in [3.8, 4) is 11.5 Å². The van der Waals surface area contributed by atoms with Crippen LogP contribution in [-0.4, -0.2) is 14.2 Å². The van der Waals surface area contributed by atoms with Crippen molar-refractivity contribution in [1.29, 1.82) is 0 Å². The fraction of sp³-hybridized carbons (Fsp3) is 0.333. The molecule has 0 saturated carbocycles. The number of hydrogen-bond donors (Lipinski definition) is 1. The molecular formula is C15H18ClNO2S. The predicted octanol–water partition coefficient (Wildman–Crippen LogP) is 4.65. The van der Waals surface area contributed by atoms with E-state index in [0.29, 0.717) is 10.8 Å². The summed E-state index contributed by atoms with van der Waals surface area (Å²) in [4.78, 5) is 2.65. The number of thiophene rings is 1. The van der Waals surface area contributed by atoms with Gasteiger partial charge >= 0.3 is 0 Å². The number of benzene rings is 1. The van der Waals surface area contributed by atoms with E-state index in [1.807, 2.05) is 6.07 Å². The molecule has 0 bridgehead atoms. The monoisotopic (exact) mass is 311 g/mol. The first-order valence-electron chi connectivity index (χ1n) is 6.26. The quantitative estimate of drug-likeness (QED) is 0.872. The molecule has 3 nitrogen and oxygen atoms in total. The van der Waals surface area contributed by atoms with Crippen molar-refractivity contribution >= 4 is 28.6 Å². The fourth-order valence-electron chi connectivity index (χ4n) is 2.05. The predicted molar refractivity (Wildman–Crippen MR) is 85.7 cm³/mol. The van der Waals surface area contributed by atoms with E-state index in [9.17, 15) is 0 Å². The Morgan fingerprint density at radius 3 is 2.35 bits per heavy atom. The smallest absolute Gasteiger partial charge is 0.145 e. The van der Waals surface area contributed by atoms with Crippen molar-refractivity contribution in [2.45, 2.75) is 20.4 Å². The largest absolute Gasteiger partial charge is 0.495 e. The van der Waals surface area contributed by atoms with Crippen LogP contribution in [0.3, 0.4) is 0 Å². The van der Waals surface area contributed by atoms with E-state index in [1.165, 1.54) is 15.3 Å². The standard InChI is InChI=1S/C15H18ClNO2S/c1-9-5-11(10(2)20-9)8-17-13-6-12(16)14(18-3)7-15(13)19-4/h5-7,17H,8H2,1-4H3. The summed E-state index contributed by atoms with van der Waals surface area (Å²) in [5, 5.41) is 3.93. The lowest BCUT2D eigenvalue weighted by Crippen LogP contribution is -2.02. The Kier molecular flexibility index (Phi) is 4.78. The van der Waals surface area contributed by atoms with Gasteiger partial charge in [-0.05, 0) is 31.5 Å². The number of rotatable bonds is 5. The van der Waals surface area contributed by atoms with Gasteiger partial charge in [0.15, 0.2) is 0 Å². The summed E-state index contributed by atoms with van der Waals surface area (Å²) in [5.41, 5.74) is 2.16. The lowest BCUT2D eigenvalue weighted by molar-refractivity contribution is 0.395. The van der Waals surface area contributed by atoms with Gasteiger partial charge in [-0.3, -0.25) is 0 Å². The van der Waals surface area contributed by atoms with E-state index < -0.39 is 0 Å². The van der Waals surface area contributed by atoms with Crippen molar-refractivity contribution in [2.75, 3.05) is 19.5 Å². The highest BCUT2D eigenvalue weighted by molar-refractivity contribution is 7.12. The van der Waals surface area contributed by atoms with Gasteiger partial charge in [0.1, 0.15) is 11.5 Å². The van der Waals surface area contributed by atoms with E-state index in [-0.39, 0.29) is 0 Å². The van der Waals surface area contributed by atoms with Crippen LogP contribution in [0.4, 0.5) is 5.69 Å². The molecule has 0 radical (unpaired) electrons. The highest BCUT2D eigenvalue weighted by Crippen LogP contribution is 2.36. The number of ether oxygens (including phenoxy) is 2. The second-order valence-electron chi connectivity index (χ2n) is 4.48. The zero-order chi connectivity index (χ0) is 14.7. The van der Waals surface area contributed by atoms with Crippen LogP contribution in [0.2, 0.25) is 5.02 Å². The molecule has 0 atom stereocenters. The summed E-state index contributed by atoms with van der Waals surface area (Å²) < 4.78 is 10.6. The van der Waals surface area contributed by atoms with Gasteiger partial charge in [0, 0.05) is 22.4 Å². The number of hydrogen-bond acceptors (Lipinski definition) is 4. The average molecular weight is 312 g/mol. The summed E-state index contributed by atoms with van der Waals surface area (Å²) in [6.45, 7) is 4.99. The van der Waals surface area contributed by atoms with Crippen molar-refractivity contribution in [3.05, 3.63) is 38.5 Å². The molecule has 0 aliphatic heterocycles. The van der Waals surface area contributed by atoms with Gasteiger partial charge in [0.25, 0.3) is 0 Å². The molecule has 0 fully saturated rings. The van der Waals surface area contributed by atoms with Crippen LogP contribution in [0.25, 0.3) is 0 Å². The Hall–Kier alpha value is -1.39. The van der Waals surface area contributed by atoms with Gasteiger partial charge in [-0.1, -0.05) is 11.6 Å². The molecule has 0 aliphatic rings. The lowest BCUT2D eigenvalue weighted by Gasteiger charge is -2.13. The number of anilines is 1. The molecule has 0 saturated heterocycles. The molecule has 20 heavy (non-hydrogen) atoms. The molecule has 0 unspecified atom stereocenters. The van der Waals surface area contributed by atoms with Crippen molar-refractivity contribution in [2.24, 2.45) is 0 Å². The van der Waals surface area contributed by atoms with Crippen LogP contribution in [0.1, 0.15) is 15.3 Å². The normalized spacial score (nSPS) is 10.4. The summed E-state index contributed by atoms with van der Waals surface area (Å²) in [6.07, 6.45) is 0. The van der Waals surface area contributed by atoms with Gasteiger partial charge in [0.05, 0.1) is 24.9 Å². The van der Waals surface area contributed by atoms with E-state index in [1.54, 1.807) is 31.6 Å². The minimum Gasteiger partial charge on any atom is -0.495 e. The molecule has 1 aromatic heterocycles. The van der Waals surface area contributed by atoms with Gasteiger partial charge in [0.2, 0.25) is 0 Å². The topological polar surface area (TPSA) is 30.5 Å². The number of nitrogens with one attached hydrogen (secondary N) is 1. The molecular weight excluding hydrogens is 294 g/mol. The summed E-state index contributed by atoms with van der Waals surface area (Å²) >= 11 is 7.96. The molecule has 0 amide bonds. The SMILES string of the molecule is COc1cc(OC)c(NCc2cc(C)sc2C)cc1Cl. The number of methoxy groups -OCH3 is 2. The van der Waals surface area contributed by atoms with Crippen LogP contribution in [0.5, 0.6) is 11.5 Å². The van der Waals surface area contributed by atoms with Gasteiger partial charge < -0.3 is 14.8 Å². The zero-order valence-electron chi connectivity index (χ0n) is 12.0. The minimum absolute atomic E-state index is 0.564. The third-order valence-corrected chi connectivity index (χ3v) is 4.39. The maximum Gasteiger partial charge on any atom is 0.145 e. The first kappa shape index (κ1) is 15.0. The average Bonchev–Trinajstić information content (AvgIpc) is 2.74. The Labute approximate surface area is 128 Å². The van der Waals surface area contributed by atoms with Crippen molar-refractivity contribution in [3.63, 3.8) is 0 Å². The van der Waals surface area contributed by atoms with Crippen molar-refractivity contribution in [1.82, 2.24) is 0 Å². The third-order valence-electron chi connectivity index (χ3n) is 3.09. The zero-order valence-corrected chi connectivity index (χ0v) is 13.6. The highest BCUT2D eigenvalue weighted by Gasteiger charge is 2.10. The molecule has 0 aliphatic carbocycles. The van der Waals surface area contributed by atoms with E-state index in [4.69, 9.17) is 21.1 Å². The highest BCUT2D eigenvalue weighted by atomic mass is 35.5.